The van der Waals surface area contributed by atoms with Crippen LogP contribution < -0.4 is 5.32 Å². The number of amides is 1. The first-order chi connectivity index (χ1) is 11.4. The van der Waals surface area contributed by atoms with E-state index in [0.29, 0.717) is 31.2 Å². The highest BCUT2D eigenvalue weighted by molar-refractivity contribution is 8.16. The molecule has 0 bridgehead atoms. The van der Waals surface area contributed by atoms with E-state index in [1.54, 1.807) is 6.07 Å². The van der Waals surface area contributed by atoms with Crippen LogP contribution in [0, 0.1) is 0 Å². The predicted molar refractivity (Wildman–Crippen MR) is 86.0 cm³/mol. The maximum atomic E-state index is 13.0. The van der Waals surface area contributed by atoms with Crippen molar-refractivity contribution in [3.63, 3.8) is 0 Å². The van der Waals surface area contributed by atoms with Crippen LogP contribution in [0.25, 0.3) is 0 Å². The maximum absolute atomic E-state index is 13.0. The molecule has 130 valence electrons. The molecule has 1 aromatic rings. The average Bonchev–Trinajstić information content (AvgIpc) is 2.83. The topological polar surface area (TPSA) is 50.7 Å². The van der Waals surface area contributed by atoms with Gasteiger partial charge in [-0.2, -0.15) is 13.2 Å². The van der Waals surface area contributed by atoms with Crippen LogP contribution >= 0.6 is 11.8 Å². The van der Waals surface area contributed by atoms with Crippen LogP contribution in [0.15, 0.2) is 29.3 Å². The number of ether oxygens (including phenoxy) is 1. The Balaban J connectivity index is 1.65. The average molecular weight is 358 g/mol. The number of aliphatic imine (C=N–C) groups is 1. The second-order valence-corrected chi connectivity index (χ2v) is 7.13. The summed E-state index contributed by atoms with van der Waals surface area (Å²) in [5, 5.41) is 3.23. The molecule has 2 aliphatic rings. The van der Waals surface area contributed by atoms with E-state index in [1.807, 2.05) is 0 Å². The van der Waals surface area contributed by atoms with Gasteiger partial charge in [0.2, 0.25) is 5.91 Å². The van der Waals surface area contributed by atoms with E-state index in [0.717, 1.165) is 6.07 Å². The van der Waals surface area contributed by atoms with Gasteiger partial charge in [-0.25, -0.2) is 0 Å². The van der Waals surface area contributed by atoms with Crippen LogP contribution in [0.1, 0.15) is 24.0 Å². The normalized spacial score (nSPS) is 22.1. The second-order valence-electron chi connectivity index (χ2n) is 5.75. The predicted octanol–water partition coefficient (Wildman–Crippen LogP) is 3.02. The lowest BCUT2D eigenvalue weighted by Gasteiger charge is -2.28. The zero-order chi connectivity index (χ0) is 17.2. The molecule has 3 rings (SSSR count). The second kappa shape index (κ2) is 6.76. The molecule has 1 amide bonds. The molecule has 0 aromatic heterocycles. The number of hydrogen-bond acceptors (Lipinski definition) is 4. The van der Waals surface area contributed by atoms with Crippen molar-refractivity contribution in [1.82, 2.24) is 5.32 Å². The summed E-state index contributed by atoms with van der Waals surface area (Å²) in [4.78, 5) is 16.4. The molecule has 2 aliphatic heterocycles. The standard InChI is InChI=1S/C16H17F3N2O2S/c17-16(18,19)12-4-2-1-3-11(12)5-8-20-14-21-13(22)15(24-14)6-9-23-10-7-15/h1-4H,5-10H2,(H,20,21,22). The number of carbonyl (C=O) groups is 1. The summed E-state index contributed by atoms with van der Waals surface area (Å²) in [5.41, 5.74) is -0.418. The van der Waals surface area contributed by atoms with Gasteiger partial charge in [0, 0.05) is 19.8 Å². The summed E-state index contributed by atoms with van der Waals surface area (Å²) in [7, 11) is 0. The van der Waals surface area contributed by atoms with E-state index in [9.17, 15) is 18.0 Å². The van der Waals surface area contributed by atoms with Crippen LogP contribution in [0.3, 0.4) is 0 Å². The molecular weight excluding hydrogens is 341 g/mol. The Labute approximate surface area is 141 Å². The first kappa shape index (κ1) is 17.3. The van der Waals surface area contributed by atoms with Gasteiger partial charge in [0.15, 0.2) is 5.17 Å². The fourth-order valence-electron chi connectivity index (χ4n) is 2.86. The highest BCUT2D eigenvalue weighted by Crippen LogP contribution is 2.40. The van der Waals surface area contributed by atoms with Crippen LogP contribution in [0.2, 0.25) is 0 Å². The lowest BCUT2D eigenvalue weighted by atomic mass is 9.98. The first-order valence-electron chi connectivity index (χ1n) is 7.68. The Hall–Kier alpha value is -1.54. The van der Waals surface area contributed by atoms with Gasteiger partial charge in [0.1, 0.15) is 4.75 Å². The molecular formula is C16H17F3N2O2S. The molecule has 0 unspecified atom stereocenters. The molecule has 1 N–H and O–H groups in total. The molecule has 0 radical (unpaired) electrons. The number of rotatable bonds is 3. The fraction of sp³-hybridized carbons (Fsp3) is 0.500. The van der Waals surface area contributed by atoms with E-state index in [-0.39, 0.29) is 24.4 Å². The van der Waals surface area contributed by atoms with Gasteiger partial charge in [0.05, 0.1) is 5.56 Å². The summed E-state index contributed by atoms with van der Waals surface area (Å²) in [6.45, 7) is 1.27. The molecule has 2 fully saturated rings. The van der Waals surface area contributed by atoms with Crippen molar-refractivity contribution in [2.45, 2.75) is 30.2 Å². The molecule has 0 aliphatic carbocycles. The van der Waals surface area contributed by atoms with E-state index in [1.165, 1.54) is 23.9 Å². The van der Waals surface area contributed by atoms with Gasteiger partial charge in [0.25, 0.3) is 0 Å². The van der Waals surface area contributed by atoms with Crippen molar-refractivity contribution in [3.8, 4) is 0 Å². The van der Waals surface area contributed by atoms with Crippen LogP contribution in [0.5, 0.6) is 0 Å². The highest BCUT2D eigenvalue weighted by atomic mass is 32.2. The van der Waals surface area contributed by atoms with E-state index in [2.05, 4.69) is 10.3 Å². The van der Waals surface area contributed by atoms with Gasteiger partial charge in [-0.1, -0.05) is 30.0 Å². The Morgan fingerprint density at radius 2 is 1.96 bits per heavy atom. The molecule has 8 heteroatoms. The van der Waals surface area contributed by atoms with Gasteiger partial charge in [-0.15, -0.1) is 0 Å². The largest absolute Gasteiger partial charge is 0.416 e. The number of carbonyl (C=O) groups excluding carboxylic acids is 1. The van der Waals surface area contributed by atoms with Gasteiger partial charge in [-0.05, 0) is 30.9 Å². The summed E-state index contributed by atoms with van der Waals surface area (Å²) in [6, 6.07) is 5.50. The minimum absolute atomic E-state index is 0.0785. The van der Waals surface area contributed by atoms with E-state index < -0.39 is 16.5 Å². The molecule has 1 aromatic carbocycles. The van der Waals surface area contributed by atoms with Gasteiger partial charge < -0.3 is 10.1 Å². The number of nitrogens with zero attached hydrogens (tertiary/aromatic N) is 1. The number of hydrogen-bond donors (Lipinski definition) is 1. The Morgan fingerprint density at radius 3 is 2.67 bits per heavy atom. The summed E-state index contributed by atoms with van der Waals surface area (Å²) >= 11 is 1.37. The Bertz CT molecular complexity index is 655. The van der Waals surface area contributed by atoms with Gasteiger partial charge >= 0.3 is 6.18 Å². The minimum atomic E-state index is -4.37. The molecule has 24 heavy (non-hydrogen) atoms. The number of nitrogens with one attached hydrogen (secondary N) is 1. The zero-order valence-corrected chi connectivity index (χ0v) is 13.7. The van der Waals surface area contributed by atoms with Crippen molar-refractivity contribution in [1.29, 1.82) is 0 Å². The number of benzene rings is 1. The minimum Gasteiger partial charge on any atom is -0.381 e. The van der Waals surface area contributed by atoms with Crippen molar-refractivity contribution >= 4 is 22.8 Å². The number of halogens is 3. The molecule has 2 saturated heterocycles. The molecule has 0 saturated carbocycles. The molecule has 1 spiro atoms. The molecule has 0 atom stereocenters. The first-order valence-corrected chi connectivity index (χ1v) is 8.50. The Morgan fingerprint density at radius 1 is 1.25 bits per heavy atom. The Kier molecular flexibility index (Phi) is 4.87. The number of alkyl halides is 3. The number of thioether (sulfide) groups is 1. The smallest absolute Gasteiger partial charge is 0.381 e. The lowest BCUT2D eigenvalue weighted by molar-refractivity contribution is -0.138. The van der Waals surface area contributed by atoms with E-state index >= 15 is 0 Å². The van der Waals surface area contributed by atoms with Crippen molar-refractivity contribution in [2.75, 3.05) is 19.8 Å². The monoisotopic (exact) mass is 358 g/mol. The molecule has 2 heterocycles. The van der Waals surface area contributed by atoms with Gasteiger partial charge in [-0.3, -0.25) is 9.79 Å². The quantitative estimate of drug-likeness (QED) is 0.904. The molecule has 4 nitrogen and oxygen atoms in total. The van der Waals surface area contributed by atoms with Crippen molar-refractivity contribution in [3.05, 3.63) is 35.4 Å². The van der Waals surface area contributed by atoms with Crippen LogP contribution in [-0.4, -0.2) is 35.6 Å². The lowest BCUT2D eigenvalue weighted by Crippen LogP contribution is -2.41. The SMILES string of the molecule is O=C1NC(=NCCc2ccccc2C(F)(F)F)SC12CCOCC2. The highest BCUT2D eigenvalue weighted by Gasteiger charge is 2.47. The van der Waals surface area contributed by atoms with Crippen LogP contribution in [0.4, 0.5) is 13.2 Å². The third kappa shape index (κ3) is 3.59. The summed E-state index contributed by atoms with van der Waals surface area (Å²) < 4.78 is 43.6. The third-order valence-corrected chi connectivity index (χ3v) is 5.60. The van der Waals surface area contributed by atoms with Crippen LogP contribution in [-0.2, 0) is 22.1 Å². The third-order valence-electron chi connectivity index (χ3n) is 4.19. The summed E-state index contributed by atoms with van der Waals surface area (Å²) in [6.07, 6.45) is -2.95. The van der Waals surface area contributed by atoms with Crippen molar-refractivity contribution in [2.24, 2.45) is 4.99 Å². The zero-order valence-electron chi connectivity index (χ0n) is 12.9. The summed E-state index contributed by atoms with van der Waals surface area (Å²) in [5.74, 6) is -0.0785. The fourth-order valence-corrected chi connectivity index (χ4v) is 4.05. The maximum Gasteiger partial charge on any atom is 0.416 e. The number of amidine groups is 1. The van der Waals surface area contributed by atoms with Crippen molar-refractivity contribution < 1.29 is 22.7 Å². The van der Waals surface area contributed by atoms with E-state index in [4.69, 9.17) is 4.74 Å².